The smallest absolute Gasteiger partial charge is 0.277 e. The Morgan fingerprint density at radius 1 is 1.20 bits per heavy atom. The largest absolute Gasteiger partial charge is 0.438 e. The number of H-pyrrole nitrogens is 1. The maximum atomic E-state index is 13.0. The van der Waals surface area contributed by atoms with Gasteiger partial charge in [-0.2, -0.15) is 0 Å². The third kappa shape index (κ3) is 3.38. The zero-order valence-electron chi connectivity index (χ0n) is 14.2. The number of carbonyl (C=O) groups excluding carboxylic acids is 1. The highest BCUT2D eigenvalue weighted by molar-refractivity contribution is 6.10. The predicted octanol–water partition coefficient (Wildman–Crippen LogP) is 3.08. The summed E-state index contributed by atoms with van der Waals surface area (Å²) >= 11 is 0. The van der Waals surface area contributed by atoms with Gasteiger partial charge in [-0.25, -0.2) is 4.98 Å². The van der Waals surface area contributed by atoms with Crippen LogP contribution in [0.2, 0.25) is 0 Å². The molecule has 1 aromatic carbocycles. The summed E-state index contributed by atoms with van der Waals surface area (Å²) < 4.78 is 7.07. The molecule has 0 amide bonds. The van der Waals surface area contributed by atoms with Gasteiger partial charge in [-0.3, -0.25) is 19.4 Å². The minimum Gasteiger partial charge on any atom is -0.438 e. The molecule has 0 atom stereocenters. The number of benzene rings is 1. The maximum Gasteiger partial charge on any atom is 0.277 e. The van der Waals surface area contributed by atoms with Crippen molar-refractivity contribution in [1.29, 1.82) is 0 Å². The number of carbonyl (C=O) groups is 1. The second-order valence-corrected chi connectivity index (χ2v) is 5.68. The molecule has 2 aromatic heterocycles. The first-order chi connectivity index (χ1) is 12.1. The quantitative estimate of drug-likeness (QED) is 0.701. The van der Waals surface area contributed by atoms with Crippen LogP contribution in [-0.2, 0) is 13.5 Å². The van der Waals surface area contributed by atoms with Crippen LogP contribution in [-0.4, -0.2) is 20.5 Å². The second kappa shape index (κ2) is 7.17. The average molecular weight is 337 g/mol. The Morgan fingerprint density at radius 2 is 1.96 bits per heavy atom. The van der Waals surface area contributed by atoms with Crippen molar-refractivity contribution < 1.29 is 9.53 Å². The van der Waals surface area contributed by atoms with E-state index in [4.69, 9.17) is 4.74 Å². The molecule has 2 heterocycles. The van der Waals surface area contributed by atoms with Crippen LogP contribution in [0.15, 0.2) is 53.5 Å². The summed E-state index contributed by atoms with van der Waals surface area (Å²) in [5.41, 5.74) is 0.702. The molecule has 6 heteroatoms. The van der Waals surface area contributed by atoms with E-state index in [1.165, 1.54) is 4.68 Å². The molecule has 0 aliphatic carbocycles. The van der Waals surface area contributed by atoms with E-state index in [0.29, 0.717) is 17.9 Å². The summed E-state index contributed by atoms with van der Waals surface area (Å²) in [6.45, 7) is 1.99. The van der Waals surface area contributed by atoms with Crippen molar-refractivity contribution in [3.8, 4) is 11.6 Å². The van der Waals surface area contributed by atoms with Crippen molar-refractivity contribution in [3.05, 3.63) is 75.8 Å². The standard InChI is InChI=1S/C19H19N3O3/c1-3-8-15-16(19(24)22(2)21-15)17(23)14-11-7-12-20-18(14)25-13-9-5-4-6-10-13/h4-7,9-12,21H,3,8H2,1-2H3. The van der Waals surface area contributed by atoms with Gasteiger partial charge in [-0.05, 0) is 30.7 Å². The van der Waals surface area contributed by atoms with E-state index in [1.54, 1.807) is 37.5 Å². The third-order valence-corrected chi connectivity index (χ3v) is 3.82. The number of ether oxygens (including phenoxy) is 1. The fourth-order valence-electron chi connectivity index (χ4n) is 2.65. The minimum atomic E-state index is -0.385. The first kappa shape index (κ1) is 16.7. The van der Waals surface area contributed by atoms with Gasteiger partial charge in [0, 0.05) is 18.9 Å². The molecule has 128 valence electrons. The van der Waals surface area contributed by atoms with Crippen LogP contribution >= 0.6 is 0 Å². The van der Waals surface area contributed by atoms with E-state index in [1.807, 2.05) is 25.1 Å². The highest BCUT2D eigenvalue weighted by atomic mass is 16.5. The average Bonchev–Trinajstić information content (AvgIpc) is 2.90. The van der Waals surface area contributed by atoms with Crippen molar-refractivity contribution in [2.24, 2.45) is 7.05 Å². The lowest BCUT2D eigenvalue weighted by molar-refractivity contribution is 0.103. The van der Waals surface area contributed by atoms with Gasteiger partial charge in [0.1, 0.15) is 11.3 Å². The van der Waals surface area contributed by atoms with Crippen LogP contribution in [0.1, 0.15) is 35.0 Å². The van der Waals surface area contributed by atoms with E-state index in [9.17, 15) is 9.59 Å². The van der Waals surface area contributed by atoms with Gasteiger partial charge in [0.05, 0.1) is 5.56 Å². The van der Waals surface area contributed by atoms with Crippen LogP contribution < -0.4 is 10.3 Å². The van der Waals surface area contributed by atoms with Crippen molar-refractivity contribution in [3.63, 3.8) is 0 Å². The number of rotatable bonds is 6. The van der Waals surface area contributed by atoms with Gasteiger partial charge in [0.2, 0.25) is 11.7 Å². The number of nitrogens with zero attached hydrogens (tertiary/aromatic N) is 2. The molecular weight excluding hydrogens is 318 g/mol. The summed E-state index contributed by atoms with van der Waals surface area (Å²) in [5, 5.41) is 2.96. The topological polar surface area (TPSA) is 77.0 Å². The molecule has 0 aliphatic rings. The van der Waals surface area contributed by atoms with Crippen molar-refractivity contribution in [2.75, 3.05) is 0 Å². The summed E-state index contributed by atoms with van der Waals surface area (Å²) in [4.78, 5) is 29.6. The van der Waals surface area contributed by atoms with Gasteiger partial charge >= 0.3 is 0 Å². The molecule has 0 saturated heterocycles. The number of nitrogens with one attached hydrogen (secondary N) is 1. The van der Waals surface area contributed by atoms with E-state index in [0.717, 1.165) is 6.42 Å². The zero-order valence-corrected chi connectivity index (χ0v) is 14.2. The first-order valence-electron chi connectivity index (χ1n) is 8.12. The van der Waals surface area contributed by atoms with Crippen molar-refractivity contribution >= 4 is 5.78 Å². The zero-order chi connectivity index (χ0) is 17.8. The third-order valence-electron chi connectivity index (χ3n) is 3.82. The van der Waals surface area contributed by atoms with Crippen LogP contribution in [0.25, 0.3) is 0 Å². The van der Waals surface area contributed by atoms with Crippen molar-refractivity contribution in [1.82, 2.24) is 14.8 Å². The van der Waals surface area contributed by atoms with Gasteiger partial charge < -0.3 is 4.74 Å². The van der Waals surface area contributed by atoms with E-state index < -0.39 is 0 Å². The maximum absolute atomic E-state index is 13.0. The molecule has 3 aromatic rings. The van der Waals surface area contributed by atoms with Crippen LogP contribution in [0, 0.1) is 0 Å². The van der Waals surface area contributed by atoms with E-state index in [-0.39, 0.29) is 28.3 Å². The Morgan fingerprint density at radius 3 is 2.68 bits per heavy atom. The number of ketones is 1. The molecule has 1 N–H and O–H groups in total. The fraction of sp³-hybridized carbons (Fsp3) is 0.211. The Bertz CT molecular complexity index is 942. The molecule has 0 aliphatic heterocycles. The molecule has 0 fully saturated rings. The Balaban J connectivity index is 2.03. The Kier molecular flexibility index (Phi) is 4.79. The first-order valence-corrected chi connectivity index (χ1v) is 8.12. The highest BCUT2D eigenvalue weighted by Crippen LogP contribution is 2.24. The minimum absolute atomic E-state index is 0.148. The van der Waals surface area contributed by atoms with Gasteiger partial charge in [0.25, 0.3) is 5.56 Å². The Hall–Kier alpha value is -3.15. The fourth-order valence-corrected chi connectivity index (χ4v) is 2.65. The molecule has 0 unspecified atom stereocenters. The molecule has 3 rings (SSSR count). The number of aryl methyl sites for hydroxylation is 2. The summed E-state index contributed by atoms with van der Waals surface area (Å²) in [5.74, 6) is 0.375. The molecule has 0 radical (unpaired) electrons. The van der Waals surface area contributed by atoms with Crippen LogP contribution in [0.3, 0.4) is 0 Å². The number of aromatic nitrogens is 3. The predicted molar refractivity (Wildman–Crippen MR) is 94.2 cm³/mol. The lowest BCUT2D eigenvalue weighted by atomic mass is 10.0. The monoisotopic (exact) mass is 337 g/mol. The summed E-state index contributed by atoms with van der Waals surface area (Å²) in [6, 6.07) is 12.4. The van der Waals surface area contributed by atoms with Gasteiger partial charge in [-0.15, -0.1) is 0 Å². The number of hydrogen-bond acceptors (Lipinski definition) is 4. The molecular formula is C19H19N3O3. The normalized spacial score (nSPS) is 10.6. The molecule has 0 bridgehead atoms. The Labute approximate surface area is 145 Å². The number of aromatic amines is 1. The van der Waals surface area contributed by atoms with E-state index in [2.05, 4.69) is 10.1 Å². The second-order valence-electron chi connectivity index (χ2n) is 5.68. The van der Waals surface area contributed by atoms with Crippen LogP contribution in [0.5, 0.6) is 11.6 Å². The van der Waals surface area contributed by atoms with Gasteiger partial charge in [0.15, 0.2) is 0 Å². The van der Waals surface area contributed by atoms with Crippen molar-refractivity contribution in [2.45, 2.75) is 19.8 Å². The number of pyridine rings is 1. The van der Waals surface area contributed by atoms with Crippen LogP contribution in [0.4, 0.5) is 0 Å². The lowest BCUT2D eigenvalue weighted by Crippen LogP contribution is -2.20. The van der Waals surface area contributed by atoms with Gasteiger partial charge in [-0.1, -0.05) is 31.5 Å². The SMILES string of the molecule is CCCc1[nH]n(C)c(=O)c1C(=O)c1cccnc1Oc1ccccc1. The summed E-state index contributed by atoms with van der Waals surface area (Å²) in [7, 11) is 1.60. The summed E-state index contributed by atoms with van der Waals surface area (Å²) in [6.07, 6.45) is 2.99. The van der Waals surface area contributed by atoms with E-state index >= 15 is 0 Å². The lowest BCUT2D eigenvalue weighted by Gasteiger charge is -2.09. The number of hydrogen-bond donors (Lipinski definition) is 1. The number of para-hydroxylation sites is 1. The molecule has 6 nitrogen and oxygen atoms in total. The molecule has 0 spiro atoms. The highest BCUT2D eigenvalue weighted by Gasteiger charge is 2.24. The molecule has 0 saturated carbocycles. The molecule has 25 heavy (non-hydrogen) atoms.